The monoisotopic (exact) mass is 1120 g/mol. The number of carbonyl (C=O) groups is 2. The van der Waals surface area contributed by atoms with Crippen LogP contribution >= 0.6 is 11.6 Å². The first kappa shape index (κ1) is 56.3. The van der Waals surface area contributed by atoms with E-state index < -0.39 is 160 Å². The number of fused-ring (bicyclic) bond motifs is 2. The number of sulfonamides is 1. The molecule has 0 spiro atoms. The number of hydrogen-bond donors (Lipinski definition) is 3. The molecular weight excluding hydrogens is 1080 g/mol. The van der Waals surface area contributed by atoms with Crippen molar-refractivity contribution in [1.82, 2.24) is 29.9 Å². The standard InChI is InChI=1S/C46H45ClF10N10O6S2/c1-21-22(2)45(53,54)39-34(21)38(46(55,56)57)63-65(39)19-33(68)62-32(15-23-13-25(48)18-26(49)14-23)36-29(8-7-27(60-36)11-12-43(3,4)74(5,70)71)30-9-10-31(47)35-37(30)66(20-44(50,51)52)64-40(35)67(75(6,72)73)41(69)24-16-28(17-24)61-42(58)59/h7-10,13-14,18,21-22,24,28,32H,15-17,19-20H2,1-6H3,(H,62,68)(H4,58,59,61)/t21-,22+,24?,28?,32-/m0/s1. The fourth-order valence-electron chi connectivity index (χ4n) is 8.87. The van der Waals surface area contributed by atoms with E-state index in [1.165, 1.54) is 13.8 Å². The normalized spacial score (nSPS) is 19.2. The number of halogens is 11. The molecular formula is C46H45ClF10N10O6S2. The lowest BCUT2D eigenvalue weighted by molar-refractivity contribution is -0.143. The van der Waals surface area contributed by atoms with Gasteiger partial charge >= 0.3 is 12.4 Å². The van der Waals surface area contributed by atoms with Crippen LogP contribution in [0.1, 0.15) is 86.4 Å². The Kier molecular flexibility index (Phi) is 14.7. The van der Waals surface area contributed by atoms with Crippen LogP contribution in [0.4, 0.5) is 49.7 Å². The molecule has 2 aliphatic rings. The molecule has 1 saturated carbocycles. The van der Waals surface area contributed by atoms with Gasteiger partial charge in [0.2, 0.25) is 21.8 Å². The molecule has 16 nitrogen and oxygen atoms in total. The Morgan fingerprint density at radius 1 is 0.947 bits per heavy atom. The van der Waals surface area contributed by atoms with Gasteiger partial charge in [-0.15, -0.1) is 0 Å². The number of sulfone groups is 1. The maximum atomic E-state index is 15.8. The van der Waals surface area contributed by atoms with Crippen molar-refractivity contribution in [2.45, 2.75) is 101 Å². The van der Waals surface area contributed by atoms with E-state index in [2.05, 4.69) is 37.3 Å². The van der Waals surface area contributed by atoms with E-state index in [-0.39, 0.29) is 50.2 Å². The van der Waals surface area contributed by atoms with E-state index >= 15 is 8.78 Å². The Morgan fingerprint density at radius 3 is 2.12 bits per heavy atom. The highest BCUT2D eigenvalue weighted by Gasteiger charge is 2.57. The van der Waals surface area contributed by atoms with Crippen LogP contribution < -0.4 is 21.1 Å². The average molecular weight is 1120 g/mol. The van der Waals surface area contributed by atoms with Crippen molar-refractivity contribution < 1.29 is 70.3 Å². The van der Waals surface area contributed by atoms with Gasteiger partial charge in [0, 0.05) is 40.8 Å². The van der Waals surface area contributed by atoms with E-state index in [4.69, 9.17) is 23.1 Å². The first-order valence-electron chi connectivity index (χ1n) is 22.3. The first-order valence-corrected chi connectivity index (χ1v) is 26.4. The molecule has 2 aromatic carbocycles. The van der Waals surface area contributed by atoms with Crippen molar-refractivity contribution in [1.29, 1.82) is 0 Å². The van der Waals surface area contributed by atoms with Gasteiger partial charge in [-0.25, -0.2) is 30.6 Å². The number of benzene rings is 2. The molecule has 3 aromatic heterocycles. The summed E-state index contributed by atoms with van der Waals surface area (Å²) in [6, 6.07) is 4.21. The Labute approximate surface area is 426 Å². The average Bonchev–Trinajstić information content (AvgIpc) is 3.86. The van der Waals surface area contributed by atoms with Gasteiger partial charge in [0.05, 0.1) is 40.0 Å². The predicted molar refractivity (Wildman–Crippen MR) is 254 cm³/mol. The fraction of sp³-hybridized carbons (Fsp3) is 0.435. The zero-order chi connectivity index (χ0) is 55.9. The van der Waals surface area contributed by atoms with Gasteiger partial charge in [-0.2, -0.15) is 49.6 Å². The van der Waals surface area contributed by atoms with Gasteiger partial charge in [-0.1, -0.05) is 37.4 Å². The van der Waals surface area contributed by atoms with Crippen molar-refractivity contribution in [3.63, 3.8) is 0 Å². The van der Waals surface area contributed by atoms with Gasteiger partial charge in [-0.3, -0.25) is 23.9 Å². The highest BCUT2D eigenvalue weighted by Crippen LogP contribution is 2.55. The third-order valence-corrected chi connectivity index (χ3v) is 16.3. The van der Waals surface area contributed by atoms with Crippen LogP contribution in [0.25, 0.3) is 22.0 Å². The van der Waals surface area contributed by atoms with Crippen LogP contribution in [-0.4, -0.2) is 88.6 Å². The number of carbonyl (C=O) groups excluding carboxylic acids is 2. The maximum absolute atomic E-state index is 15.8. The second-order valence-corrected chi connectivity index (χ2v) is 23.7. The molecule has 5 N–H and O–H groups in total. The topological polar surface area (TPSA) is 231 Å². The molecule has 75 heavy (non-hydrogen) atoms. The lowest BCUT2D eigenvalue weighted by Gasteiger charge is -2.34. The molecule has 0 radical (unpaired) electrons. The van der Waals surface area contributed by atoms with Gasteiger partial charge in [0.25, 0.3) is 5.92 Å². The van der Waals surface area contributed by atoms with E-state index in [1.54, 1.807) is 0 Å². The first-order chi connectivity index (χ1) is 34.4. The van der Waals surface area contributed by atoms with E-state index in [0.29, 0.717) is 17.0 Å². The molecule has 1 fully saturated rings. The summed E-state index contributed by atoms with van der Waals surface area (Å²) in [5, 5.41) is 8.84. The van der Waals surface area contributed by atoms with Crippen LogP contribution in [0.5, 0.6) is 0 Å². The number of anilines is 1. The third-order valence-electron chi connectivity index (χ3n) is 13.0. The highest BCUT2D eigenvalue weighted by atomic mass is 35.5. The summed E-state index contributed by atoms with van der Waals surface area (Å²) in [7, 11) is -8.68. The molecule has 0 bridgehead atoms. The fourth-order valence-corrected chi connectivity index (χ4v) is 10.3. The maximum Gasteiger partial charge on any atom is 0.435 e. The Bertz CT molecular complexity index is 3450. The van der Waals surface area contributed by atoms with Crippen molar-refractivity contribution >= 4 is 66.0 Å². The zero-order valence-corrected chi connectivity index (χ0v) is 42.6. The van der Waals surface area contributed by atoms with E-state index in [1.807, 2.05) is 0 Å². The van der Waals surface area contributed by atoms with Crippen molar-refractivity contribution in [3.8, 4) is 23.0 Å². The number of amides is 2. The SMILES string of the molecule is C[C@@H]1c2c(C(F)(F)F)nn(CC(=O)N[C@@H](Cc3cc(F)cc(F)c3)c3nc(C#CC(C)(C)S(C)(=O)=O)ccc3-c3ccc(Cl)c4c(N(C(=O)C5CC(N=C(N)N)C5)S(C)(=O)=O)nn(CC(F)(F)F)c34)c2C(F)(F)[C@@H]1C. The lowest BCUT2D eigenvalue weighted by atomic mass is 9.80. The van der Waals surface area contributed by atoms with Gasteiger partial charge in [0.15, 0.2) is 27.3 Å². The summed E-state index contributed by atoms with van der Waals surface area (Å²) in [6.07, 6.45) is -9.80. The molecule has 0 aliphatic heterocycles. The largest absolute Gasteiger partial charge is 0.435 e. The minimum atomic E-state index is -5.26. The van der Waals surface area contributed by atoms with Crippen LogP contribution in [0.3, 0.4) is 0 Å². The number of nitrogens with zero attached hydrogens (tertiary/aromatic N) is 7. The molecule has 0 saturated heterocycles. The van der Waals surface area contributed by atoms with Crippen LogP contribution in [0.15, 0.2) is 47.5 Å². The lowest BCUT2D eigenvalue weighted by Crippen LogP contribution is -2.46. The number of nitrogens with two attached hydrogens (primary N) is 2. The van der Waals surface area contributed by atoms with Crippen LogP contribution in [0.2, 0.25) is 5.02 Å². The number of rotatable bonds is 13. The Morgan fingerprint density at radius 2 is 1.56 bits per heavy atom. The van der Waals surface area contributed by atoms with Crippen molar-refractivity contribution in [2.24, 2.45) is 28.3 Å². The highest BCUT2D eigenvalue weighted by molar-refractivity contribution is 7.93. The quantitative estimate of drug-likeness (QED) is 0.0459. The number of nitrogens with one attached hydrogen (secondary N) is 1. The molecule has 2 aliphatic carbocycles. The number of aromatic nitrogens is 5. The number of alkyl halides is 8. The number of guanidine groups is 1. The Balaban J connectivity index is 1.49. The molecule has 7 rings (SSSR count). The second kappa shape index (κ2) is 19.6. The number of hydrogen-bond acceptors (Lipinski definition) is 10. The smallest absolute Gasteiger partial charge is 0.370 e. The van der Waals surface area contributed by atoms with Crippen molar-refractivity contribution in [3.05, 3.63) is 93.0 Å². The molecule has 0 unspecified atom stereocenters. The second-order valence-electron chi connectivity index (χ2n) is 18.9. The molecule has 404 valence electrons. The summed E-state index contributed by atoms with van der Waals surface area (Å²) >= 11 is 6.70. The summed E-state index contributed by atoms with van der Waals surface area (Å²) in [5.74, 6) is -9.00. The molecule has 3 atom stereocenters. The van der Waals surface area contributed by atoms with Gasteiger partial charge in [-0.05, 0) is 80.8 Å². The summed E-state index contributed by atoms with van der Waals surface area (Å²) in [4.78, 5) is 36.8. The van der Waals surface area contributed by atoms with Crippen LogP contribution in [-0.2, 0) is 61.1 Å². The van der Waals surface area contributed by atoms with E-state index in [9.17, 15) is 61.5 Å². The third kappa shape index (κ3) is 11.4. The molecule has 5 aromatic rings. The minimum Gasteiger partial charge on any atom is -0.370 e. The van der Waals surface area contributed by atoms with Gasteiger partial charge in [0.1, 0.15) is 40.9 Å². The van der Waals surface area contributed by atoms with E-state index in [0.717, 1.165) is 56.5 Å². The summed E-state index contributed by atoms with van der Waals surface area (Å²) < 4.78 is 200. The van der Waals surface area contributed by atoms with Crippen molar-refractivity contribution in [2.75, 3.05) is 16.8 Å². The van der Waals surface area contributed by atoms with Crippen LogP contribution in [0, 0.1) is 35.3 Å². The molecule has 29 heteroatoms. The molecule has 3 heterocycles. The molecule has 2 amide bonds. The Hall–Kier alpha value is -6.47. The summed E-state index contributed by atoms with van der Waals surface area (Å²) in [5.41, 5.74) is 4.88. The predicted octanol–water partition coefficient (Wildman–Crippen LogP) is 7.27. The minimum absolute atomic E-state index is 0.0794. The number of pyridine rings is 1. The van der Waals surface area contributed by atoms with Gasteiger partial charge < -0.3 is 16.8 Å². The summed E-state index contributed by atoms with van der Waals surface area (Å²) in [6.45, 7) is 1.33. The number of aliphatic imine (C=N–C) groups is 1. The zero-order valence-electron chi connectivity index (χ0n) is 40.2.